The van der Waals surface area contributed by atoms with Crippen molar-refractivity contribution in [2.24, 2.45) is 0 Å². The van der Waals surface area contributed by atoms with Crippen LogP contribution in [-0.2, 0) is 29.2 Å². The number of carbonyl (C=O) groups is 2. The van der Waals surface area contributed by atoms with Crippen LogP contribution in [0.25, 0.3) is 0 Å². The van der Waals surface area contributed by atoms with Crippen LogP contribution in [0.1, 0.15) is 16.8 Å². The zero-order valence-corrected chi connectivity index (χ0v) is 16.0. The molecule has 2 aromatic rings. The molecular formula is C19H22N4O6. The molecule has 2 rings (SSSR count). The fourth-order valence-electron chi connectivity index (χ4n) is 2.54. The van der Waals surface area contributed by atoms with E-state index in [1.54, 1.807) is 24.3 Å². The summed E-state index contributed by atoms with van der Waals surface area (Å²) >= 11 is 0. The Morgan fingerprint density at radius 2 is 1.93 bits per heavy atom. The Morgan fingerprint density at radius 1 is 1.24 bits per heavy atom. The molecule has 2 amide bonds. The maximum Gasteiger partial charge on any atom is 0.411 e. The first-order valence-electron chi connectivity index (χ1n) is 8.56. The smallest absolute Gasteiger partial charge is 0.411 e. The second-order valence-corrected chi connectivity index (χ2v) is 5.91. The number of nitrogens with one attached hydrogen (secondary N) is 3. The van der Waals surface area contributed by atoms with E-state index in [-0.39, 0.29) is 30.2 Å². The molecule has 0 fully saturated rings. The van der Waals surface area contributed by atoms with Crippen LogP contribution < -0.4 is 20.9 Å². The van der Waals surface area contributed by atoms with Crippen LogP contribution in [0.2, 0.25) is 0 Å². The SMILES string of the molecule is COC(=O)Nc1c(OC)cc(CO)n(CC(=O)NCc2ccc(C=N)cc2)c1=O. The number of hydrogen-bond donors (Lipinski definition) is 4. The normalized spacial score (nSPS) is 10.2. The van der Waals surface area contributed by atoms with Crippen LogP contribution >= 0.6 is 0 Å². The lowest BCUT2D eigenvalue weighted by Crippen LogP contribution is -2.35. The summed E-state index contributed by atoms with van der Waals surface area (Å²) in [6.45, 7) is -0.653. The second kappa shape index (κ2) is 10.0. The minimum atomic E-state index is -0.874. The highest BCUT2D eigenvalue weighted by molar-refractivity contribution is 5.86. The van der Waals surface area contributed by atoms with Crippen molar-refractivity contribution in [2.75, 3.05) is 19.5 Å². The fraction of sp³-hybridized carbons (Fsp3) is 0.263. The molecule has 1 heterocycles. The number of rotatable bonds is 8. The summed E-state index contributed by atoms with van der Waals surface area (Å²) in [5.41, 5.74) is 0.785. The third kappa shape index (κ3) is 5.42. The van der Waals surface area contributed by atoms with E-state index in [9.17, 15) is 19.5 Å². The molecule has 10 heteroatoms. The van der Waals surface area contributed by atoms with E-state index in [4.69, 9.17) is 10.1 Å². The van der Waals surface area contributed by atoms with Crippen molar-refractivity contribution in [3.63, 3.8) is 0 Å². The van der Waals surface area contributed by atoms with Gasteiger partial charge >= 0.3 is 6.09 Å². The molecule has 0 radical (unpaired) electrons. The Labute approximate surface area is 166 Å². The first-order chi connectivity index (χ1) is 13.9. The van der Waals surface area contributed by atoms with Gasteiger partial charge in [0.2, 0.25) is 5.91 Å². The Bertz CT molecular complexity index is 952. The molecule has 0 bridgehead atoms. The Balaban J connectivity index is 2.21. The first kappa shape index (κ1) is 21.6. The van der Waals surface area contributed by atoms with Crippen molar-refractivity contribution in [1.82, 2.24) is 9.88 Å². The molecule has 0 unspecified atom stereocenters. The molecule has 4 N–H and O–H groups in total. The number of aliphatic hydroxyl groups is 1. The zero-order chi connectivity index (χ0) is 21.4. The minimum absolute atomic E-state index is 0.0346. The van der Waals surface area contributed by atoms with Gasteiger partial charge in [0, 0.05) is 18.8 Å². The Kier molecular flexibility index (Phi) is 7.49. The number of aliphatic hydroxyl groups excluding tert-OH is 1. The van der Waals surface area contributed by atoms with Gasteiger partial charge in [-0.2, -0.15) is 0 Å². The summed E-state index contributed by atoms with van der Waals surface area (Å²) < 4.78 is 10.6. The predicted octanol–water partition coefficient (Wildman–Crippen LogP) is 0.842. The minimum Gasteiger partial charge on any atom is -0.494 e. The monoisotopic (exact) mass is 402 g/mol. The number of ether oxygens (including phenoxy) is 2. The van der Waals surface area contributed by atoms with Gasteiger partial charge in [0.05, 0.1) is 26.5 Å². The average molecular weight is 402 g/mol. The Hall–Kier alpha value is -3.66. The van der Waals surface area contributed by atoms with Gasteiger partial charge in [-0.25, -0.2) is 4.79 Å². The van der Waals surface area contributed by atoms with Crippen molar-refractivity contribution >= 4 is 23.9 Å². The van der Waals surface area contributed by atoms with Crippen molar-refractivity contribution < 1.29 is 24.2 Å². The number of aromatic nitrogens is 1. The highest BCUT2D eigenvalue weighted by Crippen LogP contribution is 2.22. The molecule has 1 aromatic carbocycles. The van der Waals surface area contributed by atoms with Gasteiger partial charge in [-0.3, -0.25) is 19.5 Å². The van der Waals surface area contributed by atoms with Gasteiger partial charge in [-0.05, 0) is 11.1 Å². The summed E-state index contributed by atoms with van der Waals surface area (Å²) in [7, 11) is 2.45. The van der Waals surface area contributed by atoms with Crippen LogP contribution in [0.15, 0.2) is 35.1 Å². The molecule has 0 aliphatic heterocycles. The van der Waals surface area contributed by atoms with Crippen molar-refractivity contribution in [3.8, 4) is 5.75 Å². The molecule has 0 aliphatic carbocycles. The molecule has 1 aromatic heterocycles. The summed E-state index contributed by atoms with van der Waals surface area (Å²) in [6.07, 6.45) is 0.343. The third-order valence-corrected chi connectivity index (χ3v) is 4.08. The van der Waals surface area contributed by atoms with Crippen LogP contribution in [0, 0.1) is 5.41 Å². The molecule has 154 valence electrons. The second-order valence-electron chi connectivity index (χ2n) is 5.91. The quantitative estimate of drug-likeness (QED) is 0.482. The van der Waals surface area contributed by atoms with Gasteiger partial charge in [0.15, 0.2) is 5.69 Å². The highest BCUT2D eigenvalue weighted by Gasteiger charge is 2.19. The molecule has 0 saturated heterocycles. The maximum absolute atomic E-state index is 12.8. The number of hydrogen-bond acceptors (Lipinski definition) is 7. The largest absolute Gasteiger partial charge is 0.494 e. The average Bonchev–Trinajstić information content (AvgIpc) is 2.75. The van der Waals surface area contributed by atoms with Crippen LogP contribution in [-0.4, -0.2) is 42.1 Å². The number of nitrogens with zero attached hydrogens (tertiary/aromatic N) is 1. The van der Waals surface area contributed by atoms with E-state index in [1.807, 2.05) is 0 Å². The summed E-state index contributed by atoms with van der Waals surface area (Å²) in [6, 6.07) is 8.40. The number of pyridine rings is 1. The van der Waals surface area contributed by atoms with Crippen LogP contribution in [0.5, 0.6) is 5.75 Å². The molecule has 0 spiro atoms. The van der Waals surface area contributed by atoms with Gasteiger partial charge < -0.3 is 25.3 Å². The van der Waals surface area contributed by atoms with Gasteiger partial charge in [0.1, 0.15) is 12.3 Å². The molecular weight excluding hydrogens is 380 g/mol. The number of benzene rings is 1. The Morgan fingerprint density at radius 3 is 2.48 bits per heavy atom. The topological polar surface area (TPSA) is 143 Å². The molecule has 0 atom stereocenters. The van der Waals surface area contributed by atoms with Gasteiger partial charge in [-0.1, -0.05) is 24.3 Å². The van der Waals surface area contributed by atoms with Crippen LogP contribution in [0.3, 0.4) is 0 Å². The van der Waals surface area contributed by atoms with E-state index in [0.717, 1.165) is 22.8 Å². The van der Waals surface area contributed by atoms with Crippen molar-refractivity contribution in [2.45, 2.75) is 19.7 Å². The van der Waals surface area contributed by atoms with E-state index in [2.05, 4.69) is 15.4 Å². The van der Waals surface area contributed by atoms with Crippen LogP contribution in [0.4, 0.5) is 10.5 Å². The number of amides is 2. The van der Waals surface area contributed by atoms with Crippen molar-refractivity contribution in [3.05, 3.63) is 57.5 Å². The lowest BCUT2D eigenvalue weighted by atomic mass is 10.1. The first-order valence-corrected chi connectivity index (χ1v) is 8.56. The summed E-state index contributed by atoms with van der Waals surface area (Å²) in [5, 5.41) is 21.7. The number of anilines is 1. The number of carbonyl (C=O) groups excluding carboxylic acids is 2. The van der Waals surface area contributed by atoms with Gasteiger partial charge in [-0.15, -0.1) is 0 Å². The number of methoxy groups -OCH3 is 2. The maximum atomic E-state index is 12.8. The molecule has 10 nitrogen and oxygen atoms in total. The third-order valence-electron chi connectivity index (χ3n) is 4.08. The lowest BCUT2D eigenvalue weighted by Gasteiger charge is -2.16. The predicted molar refractivity (Wildman–Crippen MR) is 105 cm³/mol. The van der Waals surface area contributed by atoms with Crippen molar-refractivity contribution in [1.29, 1.82) is 5.41 Å². The standard InChI is InChI=1S/C19H22N4O6/c1-28-15-7-14(11-24)23(18(26)17(15)22-19(27)29-2)10-16(25)21-9-13-5-3-12(8-20)4-6-13/h3-8,20,24H,9-11H2,1-2H3,(H,21,25)(H,22,27). The molecule has 0 aliphatic rings. The van der Waals surface area contributed by atoms with Gasteiger partial charge in [0.25, 0.3) is 5.56 Å². The summed E-state index contributed by atoms with van der Waals surface area (Å²) in [4.78, 5) is 36.6. The lowest BCUT2D eigenvalue weighted by molar-refractivity contribution is -0.121. The highest BCUT2D eigenvalue weighted by atomic mass is 16.5. The fourth-order valence-corrected chi connectivity index (χ4v) is 2.54. The van der Waals surface area contributed by atoms with E-state index in [1.165, 1.54) is 19.4 Å². The summed E-state index contributed by atoms with van der Waals surface area (Å²) in [5.74, 6) is -0.431. The van der Waals surface area contributed by atoms with E-state index < -0.39 is 24.2 Å². The van der Waals surface area contributed by atoms with E-state index in [0.29, 0.717) is 0 Å². The molecule has 29 heavy (non-hydrogen) atoms. The molecule has 0 saturated carbocycles. The zero-order valence-electron chi connectivity index (χ0n) is 16.0. The van der Waals surface area contributed by atoms with E-state index >= 15 is 0 Å².